The van der Waals surface area contributed by atoms with E-state index in [4.69, 9.17) is 0 Å². The number of pyridine rings is 1. The zero-order valence-corrected chi connectivity index (χ0v) is 10.9. The molecule has 96 valence electrons. The van der Waals surface area contributed by atoms with Crippen LogP contribution in [0.25, 0.3) is 0 Å². The summed E-state index contributed by atoms with van der Waals surface area (Å²) in [6.07, 6.45) is 11.1. The van der Waals surface area contributed by atoms with Crippen LogP contribution in [0.15, 0.2) is 18.3 Å². The van der Waals surface area contributed by atoms with E-state index in [1.807, 2.05) is 12.3 Å². The van der Waals surface area contributed by atoms with Gasteiger partial charge in [0.05, 0.1) is 11.6 Å². The lowest BCUT2D eigenvalue weighted by Crippen LogP contribution is -2.12. The van der Waals surface area contributed by atoms with Crippen molar-refractivity contribution in [3.05, 3.63) is 29.6 Å². The molecule has 0 radical (unpaired) electrons. The molecule has 0 spiro atoms. The number of aromatic nitrogens is 1. The third kappa shape index (κ3) is 2.33. The van der Waals surface area contributed by atoms with E-state index in [1.165, 1.54) is 31.2 Å². The van der Waals surface area contributed by atoms with Gasteiger partial charge in [-0.15, -0.1) is 0 Å². The van der Waals surface area contributed by atoms with Gasteiger partial charge in [-0.2, -0.15) is 0 Å². The van der Waals surface area contributed by atoms with Crippen molar-refractivity contribution >= 4 is 5.78 Å². The Balaban J connectivity index is 1.60. The normalized spacial score (nSPS) is 23.2. The quantitative estimate of drug-likeness (QED) is 0.808. The first-order valence-corrected chi connectivity index (χ1v) is 7.31. The van der Waals surface area contributed by atoms with Crippen LogP contribution in [0.5, 0.6) is 0 Å². The largest absolute Gasteiger partial charge is 0.299 e. The van der Waals surface area contributed by atoms with E-state index in [1.54, 1.807) is 0 Å². The van der Waals surface area contributed by atoms with Crippen LogP contribution in [0.2, 0.25) is 0 Å². The molecule has 1 fully saturated rings. The van der Waals surface area contributed by atoms with Crippen molar-refractivity contribution in [3.63, 3.8) is 0 Å². The minimum atomic E-state index is 0.0996. The maximum Gasteiger partial charge on any atom is 0.141 e. The maximum atomic E-state index is 12.3. The van der Waals surface area contributed by atoms with Gasteiger partial charge >= 0.3 is 0 Å². The second kappa shape index (κ2) is 5.21. The summed E-state index contributed by atoms with van der Waals surface area (Å²) >= 11 is 0. The summed E-state index contributed by atoms with van der Waals surface area (Å²) in [6, 6.07) is 4.09. The van der Waals surface area contributed by atoms with E-state index in [0.29, 0.717) is 5.78 Å². The number of Topliss-reactive ketones (excluding diaryl/α,β-unsaturated/α-hetero) is 1. The number of fused-ring (bicyclic) bond motifs is 1. The molecule has 0 N–H and O–H groups in total. The average Bonchev–Trinajstić information content (AvgIpc) is 3.05. The van der Waals surface area contributed by atoms with Gasteiger partial charge in [-0.25, -0.2) is 0 Å². The Morgan fingerprint density at radius 2 is 2.11 bits per heavy atom. The lowest BCUT2D eigenvalue weighted by atomic mass is 9.93. The van der Waals surface area contributed by atoms with Crippen LogP contribution in [0.3, 0.4) is 0 Å². The highest BCUT2D eigenvalue weighted by atomic mass is 16.1. The van der Waals surface area contributed by atoms with Crippen LogP contribution < -0.4 is 0 Å². The predicted octanol–water partition coefficient (Wildman–Crippen LogP) is 3.65. The molecule has 1 atom stereocenters. The molecule has 2 heteroatoms. The molecule has 3 rings (SSSR count). The number of carbonyl (C=O) groups excluding carboxylic acids is 1. The number of hydrogen-bond acceptors (Lipinski definition) is 2. The smallest absolute Gasteiger partial charge is 0.141 e. The van der Waals surface area contributed by atoms with Gasteiger partial charge in [0, 0.05) is 12.6 Å². The third-order valence-corrected chi connectivity index (χ3v) is 4.62. The lowest BCUT2D eigenvalue weighted by molar-refractivity contribution is -0.120. The second-order valence-electron chi connectivity index (χ2n) is 5.79. The molecule has 1 saturated carbocycles. The fourth-order valence-electron chi connectivity index (χ4n) is 3.55. The minimum Gasteiger partial charge on any atom is -0.299 e. The summed E-state index contributed by atoms with van der Waals surface area (Å²) < 4.78 is 0. The topological polar surface area (TPSA) is 30.0 Å². The number of hydrogen-bond donors (Lipinski definition) is 0. The molecule has 1 unspecified atom stereocenters. The molecule has 1 aromatic rings. The summed E-state index contributed by atoms with van der Waals surface area (Å²) in [6.45, 7) is 0. The maximum absolute atomic E-state index is 12.3. The average molecular weight is 243 g/mol. The third-order valence-electron chi connectivity index (χ3n) is 4.62. The van der Waals surface area contributed by atoms with E-state index in [-0.39, 0.29) is 5.92 Å². The van der Waals surface area contributed by atoms with E-state index >= 15 is 0 Å². The molecule has 1 heterocycles. The van der Waals surface area contributed by atoms with Crippen molar-refractivity contribution in [1.29, 1.82) is 0 Å². The molecule has 1 aromatic heterocycles. The Bertz CT molecular complexity index is 434. The first-order chi connectivity index (χ1) is 8.84. The van der Waals surface area contributed by atoms with Crippen LogP contribution in [0.1, 0.15) is 62.1 Å². The van der Waals surface area contributed by atoms with Crippen LogP contribution >= 0.6 is 0 Å². The molecule has 0 aliphatic heterocycles. The van der Waals surface area contributed by atoms with Crippen molar-refractivity contribution in [2.75, 3.05) is 0 Å². The van der Waals surface area contributed by atoms with Gasteiger partial charge in [0.2, 0.25) is 0 Å². The SMILES string of the molecule is O=C(CCC1CCCC1)C1CCc2cccnc21. The van der Waals surface area contributed by atoms with Crippen molar-refractivity contribution in [2.24, 2.45) is 5.92 Å². The van der Waals surface area contributed by atoms with Gasteiger partial charge < -0.3 is 0 Å². The second-order valence-corrected chi connectivity index (χ2v) is 5.79. The lowest BCUT2D eigenvalue weighted by Gasteiger charge is -2.12. The molecule has 2 aliphatic carbocycles. The predicted molar refractivity (Wildman–Crippen MR) is 71.5 cm³/mol. The zero-order chi connectivity index (χ0) is 12.4. The number of carbonyl (C=O) groups is 1. The van der Waals surface area contributed by atoms with Crippen molar-refractivity contribution in [2.45, 2.75) is 57.3 Å². The van der Waals surface area contributed by atoms with Gasteiger partial charge in [-0.05, 0) is 36.8 Å². The van der Waals surface area contributed by atoms with Crippen molar-refractivity contribution in [3.8, 4) is 0 Å². The molecule has 0 aromatic carbocycles. The minimum absolute atomic E-state index is 0.0996. The highest BCUT2D eigenvalue weighted by Crippen LogP contribution is 2.34. The molecule has 0 amide bonds. The number of ketones is 1. The molecular weight excluding hydrogens is 222 g/mol. The molecule has 0 bridgehead atoms. The van der Waals surface area contributed by atoms with E-state index < -0.39 is 0 Å². The fraction of sp³-hybridized carbons (Fsp3) is 0.625. The number of aryl methyl sites for hydroxylation is 1. The molecule has 2 nitrogen and oxygen atoms in total. The first kappa shape index (κ1) is 11.9. The first-order valence-electron chi connectivity index (χ1n) is 7.31. The molecule has 0 saturated heterocycles. The Morgan fingerprint density at radius 1 is 1.28 bits per heavy atom. The van der Waals surface area contributed by atoms with Gasteiger partial charge in [0.15, 0.2) is 0 Å². The highest BCUT2D eigenvalue weighted by molar-refractivity contribution is 5.86. The Kier molecular flexibility index (Phi) is 3.44. The monoisotopic (exact) mass is 243 g/mol. The Labute approximate surface area is 109 Å². The van der Waals surface area contributed by atoms with Crippen LogP contribution in [0.4, 0.5) is 0 Å². The van der Waals surface area contributed by atoms with Gasteiger partial charge in [0.25, 0.3) is 0 Å². The zero-order valence-electron chi connectivity index (χ0n) is 10.9. The summed E-state index contributed by atoms with van der Waals surface area (Å²) in [5, 5.41) is 0. The van der Waals surface area contributed by atoms with E-state index in [2.05, 4.69) is 11.1 Å². The van der Waals surface area contributed by atoms with Crippen molar-refractivity contribution < 1.29 is 4.79 Å². The Hall–Kier alpha value is -1.18. The summed E-state index contributed by atoms with van der Waals surface area (Å²) in [4.78, 5) is 16.7. The van der Waals surface area contributed by atoms with Gasteiger partial charge in [-0.1, -0.05) is 31.7 Å². The Morgan fingerprint density at radius 3 is 2.94 bits per heavy atom. The van der Waals surface area contributed by atoms with Crippen molar-refractivity contribution in [1.82, 2.24) is 4.98 Å². The van der Waals surface area contributed by atoms with Crippen LogP contribution in [-0.4, -0.2) is 10.8 Å². The molecule has 2 aliphatic rings. The molecular formula is C16H21NO. The number of rotatable bonds is 4. The highest BCUT2D eigenvalue weighted by Gasteiger charge is 2.29. The van der Waals surface area contributed by atoms with Gasteiger partial charge in [0.1, 0.15) is 5.78 Å². The number of nitrogens with zero attached hydrogens (tertiary/aromatic N) is 1. The van der Waals surface area contributed by atoms with E-state index in [0.717, 1.165) is 37.3 Å². The van der Waals surface area contributed by atoms with Crippen LogP contribution in [0, 0.1) is 5.92 Å². The summed E-state index contributed by atoms with van der Waals surface area (Å²) in [5.74, 6) is 1.35. The summed E-state index contributed by atoms with van der Waals surface area (Å²) in [5.41, 5.74) is 2.35. The van der Waals surface area contributed by atoms with E-state index in [9.17, 15) is 4.79 Å². The molecule has 18 heavy (non-hydrogen) atoms. The van der Waals surface area contributed by atoms with Gasteiger partial charge in [-0.3, -0.25) is 9.78 Å². The summed E-state index contributed by atoms with van der Waals surface area (Å²) in [7, 11) is 0. The van der Waals surface area contributed by atoms with Crippen LogP contribution in [-0.2, 0) is 11.2 Å². The standard InChI is InChI=1S/C16H21NO/c18-15(10-7-12-4-1-2-5-12)14-9-8-13-6-3-11-17-16(13)14/h3,6,11-12,14H,1-2,4-5,7-10H2. The fourth-order valence-corrected chi connectivity index (χ4v) is 3.55.